The van der Waals surface area contributed by atoms with Gasteiger partial charge in [0.05, 0.1) is 31.8 Å². The first-order valence-corrected chi connectivity index (χ1v) is 13.1. The summed E-state index contributed by atoms with van der Waals surface area (Å²) in [6, 6.07) is 8.68. The van der Waals surface area contributed by atoms with E-state index in [1.165, 1.54) is 12.1 Å². The van der Waals surface area contributed by atoms with Gasteiger partial charge in [-0.2, -0.15) is 0 Å². The lowest BCUT2D eigenvalue weighted by Gasteiger charge is -2.41. The maximum absolute atomic E-state index is 13.4. The van der Waals surface area contributed by atoms with Gasteiger partial charge in [0.1, 0.15) is 17.4 Å². The van der Waals surface area contributed by atoms with Crippen LogP contribution < -0.4 is 10.1 Å². The van der Waals surface area contributed by atoms with E-state index in [0.29, 0.717) is 85.3 Å². The smallest absolute Gasteiger partial charge is 0.303 e. The number of rotatable bonds is 12. The molecule has 0 spiro atoms. The normalized spacial score (nSPS) is 16.2. The number of hydrogen-bond acceptors (Lipinski definition) is 7. The van der Waals surface area contributed by atoms with Crippen LogP contribution in [0.5, 0.6) is 5.75 Å². The number of nitrogens with zero attached hydrogens (tertiary/aromatic N) is 2. The minimum Gasteiger partial charge on any atom is -0.497 e. The lowest BCUT2D eigenvalue weighted by molar-refractivity contribution is -0.141. The van der Waals surface area contributed by atoms with Crippen LogP contribution in [0.4, 0.5) is 14.5 Å². The maximum atomic E-state index is 13.4. The van der Waals surface area contributed by atoms with Gasteiger partial charge >= 0.3 is 5.97 Å². The molecule has 0 bridgehead atoms. The number of aliphatic hydroxyl groups is 2. The average molecular weight is 544 g/mol. The Kier molecular flexibility index (Phi) is 9.32. The van der Waals surface area contributed by atoms with Crippen LogP contribution in [-0.4, -0.2) is 64.5 Å². The zero-order valence-electron chi connectivity index (χ0n) is 22.0. The van der Waals surface area contributed by atoms with Crippen molar-refractivity contribution in [3.05, 3.63) is 65.4 Å². The van der Waals surface area contributed by atoms with Crippen LogP contribution in [0.3, 0.4) is 0 Å². The zero-order chi connectivity index (χ0) is 28.0. The van der Waals surface area contributed by atoms with Crippen molar-refractivity contribution >= 4 is 22.6 Å². The fourth-order valence-electron chi connectivity index (χ4n) is 5.57. The second-order valence-electron chi connectivity index (χ2n) is 10.3. The number of benzene rings is 2. The fraction of sp³-hybridized carbons (Fsp3) is 0.448. The van der Waals surface area contributed by atoms with Crippen LogP contribution in [0.25, 0.3) is 10.9 Å². The van der Waals surface area contributed by atoms with Gasteiger partial charge in [0.15, 0.2) is 0 Å². The van der Waals surface area contributed by atoms with Crippen molar-refractivity contribution in [1.82, 2.24) is 9.88 Å². The molecule has 1 atom stereocenters. The molecule has 0 unspecified atom stereocenters. The number of aliphatic carboxylic acids is 1. The van der Waals surface area contributed by atoms with Gasteiger partial charge in [0.25, 0.3) is 0 Å². The maximum Gasteiger partial charge on any atom is 0.303 e. The van der Waals surface area contributed by atoms with Crippen molar-refractivity contribution in [2.24, 2.45) is 5.41 Å². The quantitative estimate of drug-likeness (QED) is 0.264. The highest BCUT2D eigenvalue weighted by Crippen LogP contribution is 2.42. The lowest BCUT2D eigenvalue weighted by atomic mass is 9.71. The molecular weight excluding hydrogens is 508 g/mol. The summed E-state index contributed by atoms with van der Waals surface area (Å²) >= 11 is 0. The van der Waals surface area contributed by atoms with Gasteiger partial charge in [-0.25, -0.2) is 8.78 Å². The molecule has 3 aromatic rings. The number of piperidine rings is 1. The van der Waals surface area contributed by atoms with Gasteiger partial charge in [-0.15, -0.1) is 0 Å². The van der Waals surface area contributed by atoms with E-state index in [0.717, 1.165) is 6.07 Å². The van der Waals surface area contributed by atoms with E-state index < -0.39 is 29.1 Å². The topological polar surface area (TPSA) is 115 Å². The first-order valence-electron chi connectivity index (χ1n) is 13.1. The molecule has 2 aromatic carbocycles. The van der Waals surface area contributed by atoms with Crippen LogP contribution in [0.1, 0.15) is 49.3 Å². The highest BCUT2D eigenvalue weighted by atomic mass is 19.1. The molecule has 8 nitrogen and oxygen atoms in total. The van der Waals surface area contributed by atoms with Crippen LogP contribution >= 0.6 is 0 Å². The Morgan fingerprint density at radius 1 is 1.18 bits per heavy atom. The monoisotopic (exact) mass is 543 g/mol. The number of halogens is 2. The van der Waals surface area contributed by atoms with E-state index >= 15 is 0 Å². The molecule has 1 aliphatic rings. The summed E-state index contributed by atoms with van der Waals surface area (Å²) in [6.07, 6.45) is 2.80. The van der Waals surface area contributed by atoms with Gasteiger partial charge in [-0.05, 0) is 80.1 Å². The van der Waals surface area contributed by atoms with E-state index in [9.17, 15) is 28.9 Å². The third-order valence-corrected chi connectivity index (χ3v) is 7.71. The second kappa shape index (κ2) is 12.7. The Morgan fingerprint density at radius 2 is 1.90 bits per heavy atom. The molecular formula is C29H35F2N3O5. The molecule has 1 saturated heterocycles. The van der Waals surface area contributed by atoms with E-state index in [1.807, 2.05) is 0 Å². The van der Waals surface area contributed by atoms with Crippen LogP contribution in [-0.2, 0) is 11.4 Å². The van der Waals surface area contributed by atoms with Crippen LogP contribution in [0.2, 0.25) is 0 Å². The number of methoxy groups -OCH3 is 1. The number of fused-ring (bicyclic) bond motifs is 1. The highest BCUT2D eigenvalue weighted by Gasteiger charge is 2.37. The average Bonchev–Trinajstić information content (AvgIpc) is 2.91. The lowest BCUT2D eigenvalue weighted by Crippen LogP contribution is -2.43. The Balaban J connectivity index is 1.40. The van der Waals surface area contributed by atoms with E-state index in [-0.39, 0.29) is 13.0 Å². The summed E-state index contributed by atoms with van der Waals surface area (Å²) in [5.41, 5.74) is 1.69. The van der Waals surface area contributed by atoms with Gasteiger partial charge in [-0.1, -0.05) is 0 Å². The number of pyridine rings is 1. The van der Waals surface area contributed by atoms with Gasteiger partial charge < -0.3 is 30.3 Å². The molecule has 39 heavy (non-hydrogen) atoms. The SMILES string of the molecule is COc1ccc2ncc(CO)c([C@@H](O)CCC3(CC(=O)O)CCN(CCNc4cc(F)cc(F)c4)CC3)c2c1. The number of likely N-dealkylation sites (tertiary alicyclic amines) is 1. The molecule has 10 heteroatoms. The van der Waals surface area contributed by atoms with Gasteiger partial charge in [0.2, 0.25) is 0 Å². The summed E-state index contributed by atoms with van der Waals surface area (Å²) in [7, 11) is 1.56. The minimum atomic E-state index is -0.913. The van der Waals surface area contributed by atoms with Crippen LogP contribution in [0, 0.1) is 17.0 Å². The Labute approximate surface area is 226 Å². The Hall–Kier alpha value is -3.34. The summed E-state index contributed by atoms with van der Waals surface area (Å²) in [5, 5.41) is 34.6. The van der Waals surface area contributed by atoms with Crippen molar-refractivity contribution in [3.8, 4) is 5.75 Å². The molecule has 1 aliphatic heterocycles. The minimum absolute atomic E-state index is 0.00610. The second-order valence-corrected chi connectivity index (χ2v) is 10.3. The van der Waals surface area contributed by atoms with Crippen molar-refractivity contribution < 1.29 is 33.6 Å². The summed E-state index contributed by atoms with van der Waals surface area (Å²) in [6.45, 7) is 2.22. The first kappa shape index (κ1) is 28.7. The summed E-state index contributed by atoms with van der Waals surface area (Å²) in [4.78, 5) is 18.4. The molecule has 0 amide bonds. The molecule has 2 heterocycles. The van der Waals surface area contributed by atoms with Crippen molar-refractivity contribution in [3.63, 3.8) is 0 Å². The number of carboxylic acids is 1. The number of carboxylic acid groups (broad SMARTS) is 1. The van der Waals surface area contributed by atoms with E-state index in [4.69, 9.17) is 4.74 Å². The van der Waals surface area contributed by atoms with Gasteiger partial charge in [0, 0.05) is 42.0 Å². The molecule has 4 rings (SSSR count). The number of aromatic nitrogens is 1. The molecule has 1 aromatic heterocycles. The van der Waals surface area contributed by atoms with E-state index in [2.05, 4.69) is 15.2 Å². The van der Waals surface area contributed by atoms with Crippen molar-refractivity contribution in [2.75, 3.05) is 38.6 Å². The highest BCUT2D eigenvalue weighted by molar-refractivity contribution is 5.85. The largest absolute Gasteiger partial charge is 0.497 e. The van der Waals surface area contributed by atoms with E-state index in [1.54, 1.807) is 31.5 Å². The molecule has 0 saturated carbocycles. The third kappa shape index (κ3) is 7.20. The predicted molar refractivity (Wildman–Crippen MR) is 144 cm³/mol. The van der Waals surface area contributed by atoms with Crippen molar-refractivity contribution in [1.29, 1.82) is 0 Å². The molecule has 0 radical (unpaired) electrons. The number of nitrogens with one attached hydrogen (secondary N) is 1. The number of ether oxygens (including phenoxy) is 1. The zero-order valence-corrected chi connectivity index (χ0v) is 22.0. The fourth-order valence-corrected chi connectivity index (χ4v) is 5.57. The van der Waals surface area contributed by atoms with Crippen LogP contribution in [0.15, 0.2) is 42.6 Å². The predicted octanol–water partition coefficient (Wildman–Crippen LogP) is 4.50. The number of hydrogen-bond donors (Lipinski definition) is 4. The molecule has 210 valence electrons. The first-order chi connectivity index (χ1) is 18.7. The molecule has 1 fully saturated rings. The molecule has 4 N–H and O–H groups in total. The Bertz CT molecular complexity index is 1270. The van der Waals surface area contributed by atoms with Crippen molar-refractivity contribution in [2.45, 2.75) is 44.8 Å². The van der Waals surface area contributed by atoms with Gasteiger partial charge in [-0.3, -0.25) is 9.78 Å². The number of aliphatic hydroxyl groups excluding tert-OH is 2. The number of carbonyl (C=O) groups is 1. The number of anilines is 1. The Morgan fingerprint density at radius 3 is 2.54 bits per heavy atom. The third-order valence-electron chi connectivity index (χ3n) is 7.71. The summed E-state index contributed by atoms with van der Waals surface area (Å²) in [5.74, 6) is -1.54. The molecule has 0 aliphatic carbocycles. The standard InChI is InChI=1S/C29H35F2N3O5/c1-39-23-2-3-25-24(15-23)28(19(18-35)17-33-25)26(36)4-5-29(16-27(37)38)6-9-34(10-7-29)11-8-32-22-13-20(30)12-21(31)14-22/h2-3,12-15,17,26,32,35-36H,4-11,16,18H2,1H3,(H,37,38)/t26-/m0/s1. The summed E-state index contributed by atoms with van der Waals surface area (Å²) < 4.78 is 32.2.